The topological polar surface area (TPSA) is 98.5 Å². The first kappa shape index (κ1) is 21.3. The van der Waals surface area contributed by atoms with Gasteiger partial charge in [0.1, 0.15) is 22.6 Å². The van der Waals surface area contributed by atoms with Gasteiger partial charge in [0.05, 0.1) is 4.92 Å². The molecular weight excluding hydrogens is 394 g/mol. The SMILES string of the molecule is C[C@H](OC(=O)[C@@H](C)Sc1ccc([N+](=O)[O-])cc1)C(=O)Nc1c(F)cccc1F. The van der Waals surface area contributed by atoms with Crippen LogP contribution in [0.3, 0.4) is 0 Å². The van der Waals surface area contributed by atoms with Crippen molar-refractivity contribution in [1.82, 2.24) is 0 Å². The first-order chi connectivity index (χ1) is 13.2. The number of hydrogen-bond acceptors (Lipinski definition) is 6. The second kappa shape index (κ2) is 9.27. The van der Waals surface area contributed by atoms with E-state index in [0.717, 1.165) is 30.0 Å². The van der Waals surface area contributed by atoms with E-state index in [1.54, 1.807) is 0 Å². The van der Waals surface area contributed by atoms with Crippen LogP contribution in [-0.4, -0.2) is 28.2 Å². The number of carbonyl (C=O) groups is 2. The maximum atomic E-state index is 13.6. The summed E-state index contributed by atoms with van der Waals surface area (Å²) in [7, 11) is 0. The summed E-state index contributed by atoms with van der Waals surface area (Å²) in [5.74, 6) is -3.51. The summed E-state index contributed by atoms with van der Waals surface area (Å²) < 4.78 is 32.2. The minimum atomic E-state index is -1.29. The number of para-hydroxylation sites is 1. The van der Waals surface area contributed by atoms with E-state index in [9.17, 15) is 28.5 Å². The standard InChI is InChI=1S/C18H16F2N2O5S/c1-10(17(23)21-16-14(19)4-3-5-15(16)20)27-18(24)11(2)28-13-8-6-12(7-9-13)22(25)26/h3-11H,1-2H3,(H,21,23)/t10-,11+/m0/s1. The number of thioether (sulfide) groups is 1. The third kappa shape index (κ3) is 5.49. The van der Waals surface area contributed by atoms with Crippen LogP contribution in [0.25, 0.3) is 0 Å². The largest absolute Gasteiger partial charge is 0.452 e. The summed E-state index contributed by atoms with van der Waals surface area (Å²) in [5.41, 5.74) is -0.700. The zero-order chi connectivity index (χ0) is 20.8. The number of nitrogens with zero attached hydrogens (tertiary/aromatic N) is 1. The van der Waals surface area contributed by atoms with Crippen LogP contribution in [0.15, 0.2) is 47.4 Å². The number of anilines is 1. The Bertz CT molecular complexity index is 872. The molecule has 0 aromatic heterocycles. The summed E-state index contributed by atoms with van der Waals surface area (Å²) in [4.78, 5) is 34.9. The molecule has 0 saturated carbocycles. The first-order valence-corrected chi connectivity index (χ1v) is 8.93. The number of hydrogen-bond donors (Lipinski definition) is 1. The molecule has 2 aromatic rings. The molecular formula is C18H16F2N2O5S. The smallest absolute Gasteiger partial charge is 0.319 e. The van der Waals surface area contributed by atoms with Crippen LogP contribution in [0, 0.1) is 21.7 Å². The lowest BCUT2D eigenvalue weighted by Gasteiger charge is -2.17. The first-order valence-electron chi connectivity index (χ1n) is 8.05. The van der Waals surface area contributed by atoms with Gasteiger partial charge in [0.15, 0.2) is 6.10 Å². The van der Waals surface area contributed by atoms with Crippen molar-refractivity contribution in [1.29, 1.82) is 0 Å². The minimum Gasteiger partial charge on any atom is -0.452 e. The molecule has 0 aliphatic carbocycles. The zero-order valence-corrected chi connectivity index (χ0v) is 15.7. The Morgan fingerprint density at radius 1 is 1.11 bits per heavy atom. The third-order valence-electron chi connectivity index (χ3n) is 3.57. The molecule has 28 heavy (non-hydrogen) atoms. The second-order valence-corrected chi connectivity index (χ2v) is 7.09. The van der Waals surface area contributed by atoms with E-state index in [2.05, 4.69) is 5.32 Å². The Morgan fingerprint density at radius 3 is 2.21 bits per heavy atom. The summed E-state index contributed by atoms with van der Waals surface area (Å²) >= 11 is 1.09. The van der Waals surface area contributed by atoms with Crippen molar-refractivity contribution >= 4 is 35.0 Å². The van der Waals surface area contributed by atoms with E-state index in [4.69, 9.17) is 4.74 Å². The average Bonchev–Trinajstić information content (AvgIpc) is 2.64. The molecule has 1 amide bonds. The maximum absolute atomic E-state index is 13.6. The third-order valence-corrected chi connectivity index (χ3v) is 4.66. The van der Waals surface area contributed by atoms with Crippen LogP contribution in [0.4, 0.5) is 20.2 Å². The summed E-state index contributed by atoms with van der Waals surface area (Å²) in [6.45, 7) is 2.81. The van der Waals surface area contributed by atoms with Crippen LogP contribution in [0.2, 0.25) is 0 Å². The van der Waals surface area contributed by atoms with Gasteiger partial charge in [-0.2, -0.15) is 0 Å². The molecule has 0 aliphatic rings. The normalized spacial score (nSPS) is 12.7. The fourth-order valence-electron chi connectivity index (χ4n) is 2.06. The molecule has 0 aliphatic heterocycles. The predicted molar refractivity (Wildman–Crippen MR) is 99.0 cm³/mol. The monoisotopic (exact) mass is 410 g/mol. The number of esters is 1. The Labute approximate surface area is 163 Å². The number of rotatable bonds is 7. The van der Waals surface area contributed by atoms with Crippen molar-refractivity contribution in [3.05, 3.63) is 64.2 Å². The highest BCUT2D eigenvalue weighted by Gasteiger charge is 2.24. The van der Waals surface area contributed by atoms with Gasteiger partial charge in [-0.05, 0) is 38.1 Å². The number of nitro groups is 1. The molecule has 0 saturated heterocycles. The van der Waals surface area contributed by atoms with Gasteiger partial charge in [-0.25, -0.2) is 8.78 Å². The molecule has 1 N–H and O–H groups in total. The van der Waals surface area contributed by atoms with E-state index >= 15 is 0 Å². The van der Waals surface area contributed by atoms with Crippen molar-refractivity contribution in [2.45, 2.75) is 30.1 Å². The molecule has 10 heteroatoms. The highest BCUT2D eigenvalue weighted by Crippen LogP contribution is 2.26. The maximum Gasteiger partial charge on any atom is 0.319 e. The molecule has 0 unspecified atom stereocenters. The summed E-state index contributed by atoms with van der Waals surface area (Å²) in [5, 5.41) is 12.0. The molecule has 0 radical (unpaired) electrons. The molecule has 2 aromatic carbocycles. The lowest BCUT2D eigenvalue weighted by molar-refractivity contribution is -0.384. The lowest BCUT2D eigenvalue weighted by Crippen LogP contribution is -2.33. The Hall–Kier alpha value is -3.01. The van der Waals surface area contributed by atoms with Gasteiger partial charge in [0.25, 0.3) is 11.6 Å². The van der Waals surface area contributed by atoms with Crippen molar-refractivity contribution < 1.29 is 28.0 Å². The second-order valence-electron chi connectivity index (χ2n) is 5.68. The van der Waals surface area contributed by atoms with Crippen LogP contribution in [0.1, 0.15) is 13.8 Å². The number of benzene rings is 2. The number of nitro benzene ring substituents is 1. The van der Waals surface area contributed by atoms with Crippen LogP contribution in [-0.2, 0) is 14.3 Å². The van der Waals surface area contributed by atoms with Gasteiger partial charge >= 0.3 is 5.97 Å². The lowest BCUT2D eigenvalue weighted by atomic mass is 10.2. The van der Waals surface area contributed by atoms with Gasteiger partial charge in [-0.15, -0.1) is 11.8 Å². The minimum absolute atomic E-state index is 0.0785. The van der Waals surface area contributed by atoms with E-state index < -0.39 is 45.5 Å². The van der Waals surface area contributed by atoms with Crippen LogP contribution < -0.4 is 5.32 Å². The van der Waals surface area contributed by atoms with Gasteiger partial charge in [0, 0.05) is 17.0 Å². The highest BCUT2D eigenvalue weighted by molar-refractivity contribution is 8.00. The number of ether oxygens (including phenoxy) is 1. The number of non-ortho nitro benzene ring substituents is 1. The Kier molecular flexibility index (Phi) is 7.05. The number of amides is 1. The predicted octanol–water partition coefficient (Wildman–Crippen LogP) is 3.92. The van der Waals surface area contributed by atoms with Gasteiger partial charge in [-0.3, -0.25) is 19.7 Å². The summed E-state index contributed by atoms with van der Waals surface area (Å²) in [6.07, 6.45) is -1.29. The van der Waals surface area contributed by atoms with E-state index in [0.29, 0.717) is 4.90 Å². The van der Waals surface area contributed by atoms with Crippen molar-refractivity contribution in [2.75, 3.05) is 5.32 Å². The van der Waals surface area contributed by atoms with Crippen LogP contribution in [0.5, 0.6) is 0 Å². The number of nitrogens with one attached hydrogen (secondary N) is 1. The molecule has 0 fully saturated rings. The quantitative estimate of drug-likeness (QED) is 0.321. The van der Waals surface area contributed by atoms with Crippen molar-refractivity contribution in [3.8, 4) is 0 Å². The molecule has 7 nitrogen and oxygen atoms in total. The Morgan fingerprint density at radius 2 is 1.68 bits per heavy atom. The zero-order valence-electron chi connectivity index (χ0n) is 14.8. The molecule has 2 atom stereocenters. The fraction of sp³-hybridized carbons (Fsp3) is 0.222. The molecule has 0 heterocycles. The highest BCUT2D eigenvalue weighted by atomic mass is 32.2. The van der Waals surface area contributed by atoms with Crippen LogP contribution >= 0.6 is 11.8 Å². The molecule has 0 bridgehead atoms. The van der Waals surface area contributed by atoms with Crippen molar-refractivity contribution in [3.63, 3.8) is 0 Å². The fourth-order valence-corrected chi connectivity index (χ4v) is 2.92. The van der Waals surface area contributed by atoms with E-state index in [1.165, 1.54) is 38.1 Å². The molecule has 2 rings (SSSR count). The van der Waals surface area contributed by atoms with Gasteiger partial charge < -0.3 is 10.1 Å². The average molecular weight is 410 g/mol. The molecule has 0 spiro atoms. The van der Waals surface area contributed by atoms with Gasteiger partial charge in [-0.1, -0.05) is 6.07 Å². The number of halogens is 2. The number of carbonyl (C=O) groups excluding carboxylic acids is 2. The van der Waals surface area contributed by atoms with E-state index in [-0.39, 0.29) is 5.69 Å². The molecule has 148 valence electrons. The van der Waals surface area contributed by atoms with E-state index in [1.807, 2.05) is 0 Å². The Balaban J connectivity index is 1.93. The van der Waals surface area contributed by atoms with Crippen molar-refractivity contribution in [2.24, 2.45) is 0 Å². The summed E-state index contributed by atoms with van der Waals surface area (Å²) in [6, 6.07) is 8.71. The van der Waals surface area contributed by atoms with Gasteiger partial charge in [0.2, 0.25) is 0 Å².